The summed E-state index contributed by atoms with van der Waals surface area (Å²) in [5.74, 6) is -4.17. The molecule has 0 aliphatic rings. The first-order chi connectivity index (χ1) is 8.66. The Labute approximate surface area is 137 Å². The number of carboxylic acids is 4. The molecule has 21 heavy (non-hydrogen) atoms. The minimum Gasteiger partial charge on any atom is -0.550 e. The van der Waals surface area contributed by atoms with E-state index in [0.29, 0.717) is 0 Å². The van der Waals surface area contributed by atoms with Crippen LogP contribution in [0.15, 0.2) is 0 Å². The molecule has 0 aliphatic carbocycles. The van der Waals surface area contributed by atoms with Crippen LogP contribution >= 0.6 is 0 Å². The summed E-state index contributed by atoms with van der Waals surface area (Å²) in [4.78, 5) is 35.6. The minimum atomic E-state index is -1.08. The first-order valence-electron chi connectivity index (χ1n) is 4.67. The molecule has 0 amide bonds. The number of nitrogens with one attached hydrogen (secondary N) is 1. The quantitative estimate of drug-likeness (QED) is 0.244. The summed E-state index contributed by atoms with van der Waals surface area (Å²) in [6.07, 6.45) is 0. The molecule has 0 bridgehead atoms. The monoisotopic (exact) mass is 342 g/mol. The Morgan fingerprint density at radius 2 is 0.667 bits per heavy atom. The van der Waals surface area contributed by atoms with Gasteiger partial charge in [-0.05, 0) is 34.6 Å². The molecule has 3 N–H and O–H groups in total. The molecule has 11 heteroatoms. The van der Waals surface area contributed by atoms with E-state index in [2.05, 4.69) is 0 Å². The molecule has 0 radical (unpaired) electrons. The fourth-order valence-electron chi connectivity index (χ4n) is 0. The van der Waals surface area contributed by atoms with Gasteiger partial charge in [0.15, 0.2) is 0 Å². The zero-order valence-electron chi connectivity index (χ0n) is 12.3. The Balaban J connectivity index is -0.0000000331. The van der Waals surface area contributed by atoms with Crippen molar-refractivity contribution in [3.63, 3.8) is 0 Å². The van der Waals surface area contributed by atoms with Crippen LogP contribution < -0.4 is 26.2 Å². The van der Waals surface area contributed by atoms with E-state index < -0.39 is 23.9 Å². The van der Waals surface area contributed by atoms with Gasteiger partial charge in [-0.15, -0.1) is 0 Å². The number of hydrogen-bond acceptors (Lipinski definition) is 9. The van der Waals surface area contributed by atoms with E-state index >= 15 is 0 Å². The Hall–Kier alpha value is -1.94. The van der Waals surface area contributed by atoms with Crippen molar-refractivity contribution >= 4 is 29.7 Å². The molecule has 0 rings (SSSR count). The molecule has 0 saturated carbocycles. The third-order valence-electron chi connectivity index (χ3n) is 0. The molecule has 0 unspecified atom stereocenters. The number of aliphatic carboxylic acids is 4. The molecule has 0 fully saturated rings. The van der Waals surface area contributed by atoms with Crippen LogP contribution in [-0.4, -0.2) is 29.7 Å². The largest absolute Gasteiger partial charge is 4.00 e. The third-order valence-corrected chi connectivity index (χ3v) is 0. The van der Waals surface area contributed by atoms with Crippen molar-refractivity contribution in [2.24, 2.45) is 5.73 Å². The zero-order valence-corrected chi connectivity index (χ0v) is 13.9. The van der Waals surface area contributed by atoms with Crippen molar-refractivity contribution in [1.29, 1.82) is 5.41 Å². The van der Waals surface area contributed by atoms with Gasteiger partial charge in [-0.2, -0.15) is 0 Å². The Morgan fingerprint density at radius 1 is 0.667 bits per heavy atom. The van der Waals surface area contributed by atoms with E-state index in [1.807, 2.05) is 0 Å². The predicted octanol–water partition coefficient (Wildman–Crippen LogP) is -5.04. The Morgan fingerprint density at radius 3 is 0.667 bits per heavy atom. The van der Waals surface area contributed by atoms with E-state index in [1.54, 1.807) is 0 Å². The van der Waals surface area contributed by atoms with Crippen molar-refractivity contribution in [2.75, 3.05) is 0 Å². The zero-order chi connectivity index (χ0) is 17.9. The molecule has 120 valence electrons. The summed E-state index contributed by atoms with van der Waals surface area (Å²) >= 11 is 0. The van der Waals surface area contributed by atoms with E-state index in [4.69, 9.17) is 50.7 Å². The number of hydrogen-bond donors (Lipinski definition) is 2. The molecule has 0 atom stereocenters. The Bertz CT molecular complexity index is 218. The predicted molar refractivity (Wildman–Crippen MR) is 60.3 cm³/mol. The number of carboxylic acid groups (broad SMARTS) is 4. The summed E-state index contributed by atoms with van der Waals surface area (Å²) in [6.45, 7) is 5.42. The van der Waals surface area contributed by atoms with E-state index in [9.17, 15) is 0 Å². The molecular weight excluding hydrogens is 324 g/mol. The first kappa shape index (κ1) is 36.4. The molecule has 10 nitrogen and oxygen atoms in total. The van der Waals surface area contributed by atoms with E-state index in [-0.39, 0.29) is 27.6 Å². The average Bonchev–Trinajstić information content (AvgIpc) is 1.94. The molecule has 0 aromatic rings. The fourth-order valence-corrected chi connectivity index (χ4v) is 0. The summed E-state index contributed by atoms with van der Waals surface area (Å²) in [5, 5.41) is 41.8. The fraction of sp³-hybridized carbons (Fsp3) is 0.500. The van der Waals surface area contributed by atoms with Crippen molar-refractivity contribution in [3.05, 3.63) is 0 Å². The second-order valence-electron chi connectivity index (χ2n) is 2.65. The number of carbonyl (C=O) groups excluding carboxylic acids is 4. The van der Waals surface area contributed by atoms with Gasteiger partial charge in [-0.1, -0.05) is 0 Å². The summed E-state index contributed by atoms with van der Waals surface area (Å²) < 4.78 is 0. The topological polar surface area (TPSA) is 210 Å². The number of nitrogens with two attached hydrogens (primary N) is 1. The number of carbonyl (C=O) groups is 4. The number of rotatable bonds is 0. The van der Waals surface area contributed by atoms with Gasteiger partial charge >= 0.3 is 21.7 Å². The number of amidine groups is 1. The van der Waals surface area contributed by atoms with Gasteiger partial charge in [-0.3, -0.25) is 5.41 Å². The van der Waals surface area contributed by atoms with Crippen molar-refractivity contribution in [3.8, 4) is 0 Å². The van der Waals surface area contributed by atoms with Crippen LogP contribution in [-0.2, 0) is 40.9 Å². The maximum absolute atomic E-state index is 8.89. The van der Waals surface area contributed by atoms with Gasteiger partial charge in [-0.25, -0.2) is 0 Å². The van der Waals surface area contributed by atoms with E-state index in [0.717, 1.165) is 27.7 Å². The van der Waals surface area contributed by atoms with E-state index in [1.165, 1.54) is 6.92 Å². The van der Waals surface area contributed by atoms with Crippen LogP contribution in [0.5, 0.6) is 0 Å². The van der Waals surface area contributed by atoms with Crippen molar-refractivity contribution in [1.82, 2.24) is 0 Å². The minimum absolute atomic E-state index is 0. The summed E-state index contributed by atoms with van der Waals surface area (Å²) in [6, 6.07) is 0. The van der Waals surface area contributed by atoms with Crippen LogP contribution in [0.25, 0.3) is 0 Å². The molecule has 0 heterocycles. The van der Waals surface area contributed by atoms with Gasteiger partial charge < -0.3 is 45.3 Å². The van der Waals surface area contributed by atoms with Crippen LogP contribution in [0.3, 0.4) is 0 Å². The van der Waals surface area contributed by atoms with Gasteiger partial charge in [0, 0.05) is 23.9 Å². The first-order valence-corrected chi connectivity index (χ1v) is 4.67. The molecule has 0 aromatic carbocycles. The SMILES string of the molecule is CC(=N)N.CC(=O)[O-].CC(=O)[O-].CC(=O)[O-].CC(=O)[O-].[Ti+4]. The van der Waals surface area contributed by atoms with Gasteiger partial charge in [0.2, 0.25) is 0 Å². The second-order valence-corrected chi connectivity index (χ2v) is 2.65. The van der Waals surface area contributed by atoms with Crippen LogP contribution in [0, 0.1) is 5.41 Å². The van der Waals surface area contributed by atoms with Crippen LogP contribution in [0.2, 0.25) is 0 Å². The van der Waals surface area contributed by atoms with Crippen molar-refractivity contribution < 1.29 is 61.3 Å². The molecule has 0 aromatic heterocycles. The van der Waals surface area contributed by atoms with Crippen LogP contribution in [0.1, 0.15) is 34.6 Å². The standard InChI is InChI=1S/C2H6N2.4C2H4O2.Ti/c5*1-2(3)4;/h1H3,(H3,3,4);4*1H3,(H,3,4);/q;;;;;+4/p-4. The second kappa shape index (κ2) is 30.8. The molecule has 0 spiro atoms. The molecule has 0 saturated heterocycles. The summed E-state index contributed by atoms with van der Waals surface area (Å²) in [7, 11) is 0. The maximum atomic E-state index is 8.89. The molecule has 0 aliphatic heterocycles. The normalized spacial score (nSPS) is 5.95. The maximum Gasteiger partial charge on any atom is 4.00 e. The van der Waals surface area contributed by atoms with Crippen molar-refractivity contribution in [2.45, 2.75) is 34.6 Å². The Kier molecular flexibility index (Phi) is 53.5. The van der Waals surface area contributed by atoms with Crippen LogP contribution in [0.4, 0.5) is 0 Å². The average molecular weight is 342 g/mol. The third kappa shape index (κ3) is 1240. The molecular formula is C10H18N2O8Ti. The smallest absolute Gasteiger partial charge is 0.550 e. The van der Waals surface area contributed by atoms with Gasteiger partial charge in [0.05, 0.1) is 5.84 Å². The summed E-state index contributed by atoms with van der Waals surface area (Å²) in [5.41, 5.74) is 4.69. The van der Waals surface area contributed by atoms with Gasteiger partial charge in [0.1, 0.15) is 0 Å². The van der Waals surface area contributed by atoms with Gasteiger partial charge in [0.25, 0.3) is 0 Å².